The van der Waals surface area contributed by atoms with Gasteiger partial charge in [-0.2, -0.15) is 0 Å². The Balaban J connectivity index is 2.12. The van der Waals surface area contributed by atoms with Crippen LogP contribution in [0.2, 0.25) is 0 Å². The van der Waals surface area contributed by atoms with E-state index in [0.29, 0.717) is 5.92 Å². The Morgan fingerprint density at radius 1 is 1.50 bits per heavy atom. The third-order valence-corrected chi connectivity index (χ3v) is 3.11. The van der Waals surface area contributed by atoms with Gasteiger partial charge in [0.1, 0.15) is 0 Å². The van der Waals surface area contributed by atoms with Gasteiger partial charge in [-0.3, -0.25) is 4.79 Å². The number of hydrogen-bond acceptors (Lipinski definition) is 3. The van der Waals surface area contributed by atoms with Gasteiger partial charge in [0.25, 0.3) is 0 Å². The van der Waals surface area contributed by atoms with Gasteiger partial charge in [0.05, 0.1) is 6.04 Å². The molecule has 1 saturated heterocycles. The Kier molecular flexibility index (Phi) is 6.42. The summed E-state index contributed by atoms with van der Waals surface area (Å²) >= 11 is 0. The van der Waals surface area contributed by atoms with E-state index < -0.39 is 0 Å². The molecule has 1 amide bonds. The largest absolute Gasteiger partial charge is 0.381 e. The summed E-state index contributed by atoms with van der Waals surface area (Å²) in [5, 5.41) is 2.94. The second-order valence-corrected chi connectivity index (χ2v) is 4.55. The molecule has 1 heterocycles. The van der Waals surface area contributed by atoms with Crippen molar-refractivity contribution >= 4 is 5.91 Å². The van der Waals surface area contributed by atoms with Gasteiger partial charge in [-0.25, -0.2) is 0 Å². The molecule has 3 N–H and O–H groups in total. The molecular formula is C12H24N2O2. The normalized spacial score (nSPS) is 19.4. The quantitative estimate of drug-likeness (QED) is 0.714. The fourth-order valence-corrected chi connectivity index (χ4v) is 1.88. The van der Waals surface area contributed by atoms with Gasteiger partial charge in [-0.15, -0.1) is 0 Å². The first-order valence-electron chi connectivity index (χ1n) is 6.35. The second kappa shape index (κ2) is 7.63. The molecule has 16 heavy (non-hydrogen) atoms. The lowest BCUT2D eigenvalue weighted by Crippen LogP contribution is -2.43. The van der Waals surface area contributed by atoms with Crippen molar-refractivity contribution in [2.45, 2.75) is 45.1 Å². The molecule has 1 aliphatic rings. The van der Waals surface area contributed by atoms with Crippen LogP contribution in [-0.2, 0) is 9.53 Å². The molecular weight excluding hydrogens is 204 g/mol. The summed E-state index contributed by atoms with van der Waals surface area (Å²) in [5.74, 6) is 0.566. The summed E-state index contributed by atoms with van der Waals surface area (Å²) in [4.78, 5) is 11.6. The first-order chi connectivity index (χ1) is 7.74. The zero-order valence-corrected chi connectivity index (χ0v) is 10.2. The lowest BCUT2D eigenvalue weighted by molar-refractivity contribution is -0.122. The predicted molar refractivity (Wildman–Crippen MR) is 64.1 cm³/mol. The Morgan fingerprint density at radius 3 is 2.81 bits per heavy atom. The monoisotopic (exact) mass is 228 g/mol. The fourth-order valence-electron chi connectivity index (χ4n) is 1.88. The topological polar surface area (TPSA) is 64.4 Å². The Morgan fingerprint density at radius 2 is 2.19 bits per heavy atom. The van der Waals surface area contributed by atoms with Crippen LogP contribution in [0.1, 0.15) is 39.0 Å². The summed E-state index contributed by atoms with van der Waals surface area (Å²) in [5.41, 5.74) is 5.78. The van der Waals surface area contributed by atoms with Crippen molar-refractivity contribution in [1.29, 1.82) is 0 Å². The zero-order valence-electron chi connectivity index (χ0n) is 10.2. The van der Waals surface area contributed by atoms with Gasteiger partial charge >= 0.3 is 0 Å². The van der Waals surface area contributed by atoms with Crippen molar-refractivity contribution < 1.29 is 9.53 Å². The molecule has 0 aromatic carbocycles. The maximum absolute atomic E-state index is 11.6. The van der Waals surface area contributed by atoms with E-state index in [0.717, 1.165) is 51.9 Å². The first-order valence-corrected chi connectivity index (χ1v) is 6.35. The maximum atomic E-state index is 11.6. The van der Waals surface area contributed by atoms with Gasteiger partial charge in [-0.1, -0.05) is 19.8 Å². The van der Waals surface area contributed by atoms with Crippen LogP contribution in [-0.4, -0.2) is 31.7 Å². The summed E-state index contributed by atoms with van der Waals surface area (Å²) < 4.78 is 5.27. The van der Waals surface area contributed by atoms with Crippen molar-refractivity contribution in [2.24, 2.45) is 11.7 Å². The van der Waals surface area contributed by atoms with Gasteiger partial charge in [-0.05, 0) is 25.2 Å². The van der Waals surface area contributed by atoms with Crippen molar-refractivity contribution in [3.05, 3.63) is 0 Å². The van der Waals surface area contributed by atoms with E-state index in [2.05, 4.69) is 12.2 Å². The number of unbranched alkanes of at least 4 members (excludes halogenated alkanes) is 1. The molecule has 1 aliphatic heterocycles. The molecule has 0 aromatic heterocycles. The first kappa shape index (κ1) is 13.5. The van der Waals surface area contributed by atoms with Crippen LogP contribution in [0.3, 0.4) is 0 Å². The predicted octanol–water partition coefficient (Wildman–Crippen LogP) is 1.05. The molecule has 1 unspecified atom stereocenters. The third-order valence-electron chi connectivity index (χ3n) is 3.11. The molecule has 0 spiro atoms. The molecule has 0 radical (unpaired) electrons. The van der Waals surface area contributed by atoms with Crippen molar-refractivity contribution in [2.75, 3.05) is 19.8 Å². The van der Waals surface area contributed by atoms with E-state index in [-0.39, 0.29) is 11.9 Å². The van der Waals surface area contributed by atoms with E-state index in [4.69, 9.17) is 10.5 Å². The average Bonchev–Trinajstić information content (AvgIpc) is 2.34. The summed E-state index contributed by atoms with van der Waals surface area (Å²) in [6.45, 7) is 4.50. The molecule has 4 heteroatoms. The van der Waals surface area contributed by atoms with E-state index in [9.17, 15) is 4.79 Å². The minimum absolute atomic E-state index is 0.0000539. The van der Waals surface area contributed by atoms with E-state index >= 15 is 0 Å². The van der Waals surface area contributed by atoms with E-state index in [1.54, 1.807) is 0 Å². The highest BCUT2D eigenvalue weighted by molar-refractivity contribution is 5.81. The molecule has 4 nitrogen and oxygen atoms in total. The molecule has 0 aliphatic carbocycles. The SMILES string of the molecule is CCCCC(N)C(=O)NCC1CCOCC1. The van der Waals surface area contributed by atoms with Crippen LogP contribution in [0.25, 0.3) is 0 Å². The number of ether oxygens (including phenoxy) is 1. The standard InChI is InChI=1S/C12H24N2O2/c1-2-3-4-11(13)12(15)14-9-10-5-7-16-8-6-10/h10-11H,2-9,13H2,1H3,(H,14,15). The molecule has 1 atom stereocenters. The lowest BCUT2D eigenvalue weighted by Gasteiger charge is -2.23. The minimum atomic E-state index is -0.334. The van der Waals surface area contributed by atoms with Crippen LogP contribution in [0.5, 0.6) is 0 Å². The highest BCUT2D eigenvalue weighted by Crippen LogP contribution is 2.13. The molecule has 0 saturated carbocycles. The molecule has 94 valence electrons. The Labute approximate surface area is 97.9 Å². The summed E-state index contributed by atoms with van der Waals surface area (Å²) in [7, 11) is 0. The van der Waals surface area contributed by atoms with Crippen molar-refractivity contribution in [3.8, 4) is 0 Å². The number of carbonyl (C=O) groups excluding carboxylic acids is 1. The van der Waals surface area contributed by atoms with Crippen molar-refractivity contribution in [1.82, 2.24) is 5.32 Å². The highest BCUT2D eigenvalue weighted by Gasteiger charge is 2.17. The van der Waals surface area contributed by atoms with Gasteiger partial charge < -0.3 is 15.8 Å². The Bertz CT molecular complexity index is 203. The molecule has 1 fully saturated rings. The van der Waals surface area contributed by atoms with Gasteiger partial charge in [0, 0.05) is 19.8 Å². The summed E-state index contributed by atoms with van der Waals surface area (Å²) in [6, 6.07) is -0.334. The smallest absolute Gasteiger partial charge is 0.236 e. The van der Waals surface area contributed by atoms with E-state index in [1.165, 1.54) is 0 Å². The van der Waals surface area contributed by atoms with Gasteiger partial charge in [0.15, 0.2) is 0 Å². The van der Waals surface area contributed by atoms with Crippen molar-refractivity contribution in [3.63, 3.8) is 0 Å². The molecule has 0 bridgehead atoms. The number of hydrogen-bond donors (Lipinski definition) is 2. The third kappa shape index (κ3) is 4.94. The average molecular weight is 228 g/mol. The number of nitrogens with two attached hydrogens (primary N) is 1. The Hall–Kier alpha value is -0.610. The maximum Gasteiger partial charge on any atom is 0.236 e. The minimum Gasteiger partial charge on any atom is -0.381 e. The summed E-state index contributed by atoms with van der Waals surface area (Å²) in [6.07, 6.45) is 4.98. The molecule has 1 rings (SSSR count). The van der Waals surface area contributed by atoms with Crippen LogP contribution in [0.15, 0.2) is 0 Å². The number of amides is 1. The zero-order chi connectivity index (χ0) is 11.8. The van der Waals surface area contributed by atoms with Gasteiger partial charge in [0.2, 0.25) is 5.91 Å². The van der Waals surface area contributed by atoms with Crippen LogP contribution in [0, 0.1) is 5.92 Å². The number of rotatable bonds is 6. The van der Waals surface area contributed by atoms with Crippen LogP contribution < -0.4 is 11.1 Å². The lowest BCUT2D eigenvalue weighted by atomic mass is 10.0. The second-order valence-electron chi connectivity index (χ2n) is 4.55. The molecule has 0 aromatic rings. The van der Waals surface area contributed by atoms with Crippen LogP contribution >= 0.6 is 0 Å². The number of carbonyl (C=O) groups is 1. The number of nitrogens with one attached hydrogen (secondary N) is 1. The van der Waals surface area contributed by atoms with E-state index in [1.807, 2.05) is 0 Å². The fraction of sp³-hybridized carbons (Fsp3) is 0.917. The highest BCUT2D eigenvalue weighted by atomic mass is 16.5. The van der Waals surface area contributed by atoms with Crippen LogP contribution in [0.4, 0.5) is 0 Å².